The van der Waals surface area contributed by atoms with Crippen LogP contribution in [0.5, 0.6) is 0 Å². The first-order valence-corrected chi connectivity index (χ1v) is 4.94. The predicted molar refractivity (Wildman–Crippen MR) is 58.1 cm³/mol. The van der Waals surface area contributed by atoms with Gasteiger partial charge >= 0.3 is 0 Å². The van der Waals surface area contributed by atoms with Gasteiger partial charge in [0.2, 0.25) is 0 Å². The molecule has 0 spiro atoms. The van der Waals surface area contributed by atoms with Crippen LogP contribution in [0, 0.1) is 19.3 Å². The minimum atomic E-state index is -0.449. The van der Waals surface area contributed by atoms with E-state index < -0.39 is 6.10 Å². The van der Waals surface area contributed by atoms with Gasteiger partial charge in [0.1, 0.15) is 0 Å². The molecule has 1 rings (SSSR count). The Labute approximate surface area is 86.0 Å². The Kier molecular flexibility index (Phi) is 2.95. The van der Waals surface area contributed by atoms with Gasteiger partial charge in [-0.05, 0) is 25.3 Å². The molecule has 0 aliphatic carbocycles. The second kappa shape index (κ2) is 3.70. The Morgan fingerprint density at radius 1 is 1.21 bits per heavy atom. The van der Waals surface area contributed by atoms with Crippen LogP contribution in [0.25, 0.3) is 0 Å². The van der Waals surface area contributed by atoms with Gasteiger partial charge in [0.15, 0.2) is 0 Å². The van der Waals surface area contributed by atoms with Crippen molar-refractivity contribution in [2.45, 2.75) is 40.7 Å². The number of hydrogen-bond donors (Lipinski definition) is 1. The predicted octanol–water partition coefficient (Wildman–Crippen LogP) is 2.78. The van der Waals surface area contributed by atoms with E-state index in [1.165, 1.54) is 0 Å². The van der Waals surface area contributed by atoms with Crippen molar-refractivity contribution in [1.29, 1.82) is 0 Å². The van der Waals surface area contributed by atoms with Gasteiger partial charge in [-0.3, -0.25) is 4.98 Å². The number of aliphatic hydroxyl groups is 1. The third-order valence-corrected chi connectivity index (χ3v) is 2.38. The highest BCUT2D eigenvalue weighted by Gasteiger charge is 2.25. The largest absolute Gasteiger partial charge is 0.388 e. The molecular weight excluding hydrogens is 174 g/mol. The summed E-state index contributed by atoms with van der Waals surface area (Å²) in [6.45, 7) is 9.97. The van der Waals surface area contributed by atoms with Gasteiger partial charge in [0.25, 0.3) is 0 Å². The maximum absolute atomic E-state index is 10.1. The molecule has 2 heteroatoms. The summed E-state index contributed by atoms with van der Waals surface area (Å²) in [4.78, 5) is 4.35. The highest BCUT2D eigenvalue weighted by atomic mass is 16.3. The summed E-state index contributed by atoms with van der Waals surface area (Å²) < 4.78 is 0. The van der Waals surface area contributed by atoms with Crippen molar-refractivity contribution in [3.8, 4) is 0 Å². The zero-order chi connectivity index (χ0) is 10.9. The molecule has 0 saturated carbocycles. The third kappa shape index (κ3) is 2.32. The van der Waals surface area contributed by atoms with Gasteiger partial charge < -0.3 is 5.11 Å². The second-order valence-electron chi connectivity index (χ2n) is 4.90. The summed E-state index contributed by atoms with van der Waals surface area (Å²) in [5.74, 6) is 0. The van der Waals surface area contributed by atoms with E-state index in [9.17, 15) is 5.11 Å². The first kappa shape index (κ1) is 11.2. The molecule has 0 aliphatic heterocycles. The van der Waals surface area contributed by atoms with Gasteiger partial charge in [-0.15, -0.1) is 0 Å². The van der Waals surface area contributed by atoms with Gasteiger partial charge in [0.05, 0.1) is 6.10 Å². The van der Waals surface area contributed by atoms with E-state index in [1.54, 1.807) is 0 Å². The fourth-order valence-electron chi connectivity index (χ4n) is 1.45. The van der Waals surface area contributed by atoms with Crippen molar-refractivity contribution in [2.24, 2.45) is 5.41 Å². The minimum absolute atomic E-state index is 0.137. The Morgan fingerprint density at radius 3 is 2.21 bits per heavy atom. The van der Waals surface area contributed by atoms with E-state index in [1.807, 2.05) is 46.8 Å². The molecule has 2 nitrogen and oxygen atoms in total. The van der Waals surface area contributed by atoms with Crippen LogP contribution in [0.4, 0.5) is 0 Å². The lowest BCUT2D eigenvalue weighted by atomic mass is 9.84. The highest BCUT2D eigenvalue weighted by molar-refractivity contribution is 5.25. The summed E-state index contributed by atoms with van der Waals surface area (Å²) in [5, 5.41) is 10.1. The van der Waals surface area contributed by atoms with Crippen LogP contribution in [0.1, 0.15) is 43.8 Å². The fraction of sp³-hybridized carbons (Fsp3) is 0.583. The molecule has 0 aliphatic rings. The molecule has 14 heavy (non-hydrogen) atoms. The van der Waals surface area contributed by atoms with Crippen LogP contribution in [-0.4, -0.2) is 10.1 Å². The molecule has 0 bridgehead atoms. The van der Waals surface area contributed by atoms with Crippen LogP contribution in [-0.2, 0) is 0 Å². The number of nitrogens with zero attached hydrogens (tertiary/aromatic N) is 1. The minimum Gasteiger partial charge on any atom is -0.388 e. The van der Waals surface area contributed by atoms with Crippen molar-refractivity contribution in [2.75, 3.05) is 0 Å². The van der Waals surface area contributed by atoms with Gasteiger partial charge in [-0.25, -0.2) is 0 Å². The molecule has 0 saturated heterocycles. The van der Waals surface area contributed by atoms with Crippen molar-refractivity contribution < 1.29 is 5.11 Å². The number of rotatable bonds is 1. The summed E-state index contributed by atoms with van der Waals surface area (Å²) >= 11 is 0. The van der Waals surface area contributed by atoms with E-state index in [2.05, 4.69) is 4.98 Å². The number of aliphatic hydroxyl groups excluding tert-OH is 1. The molecule has 1 atom stereocenters. The highest BCUT2D eigenvalue weighted by Crippen LogP contribution is 2.33. The molecule has 1 aromatic rings. The SMILES string of the molecule is Cc1ccc(C(O)C(C)(C)C)c(C)n1. The Morgan fingerprint density at radius 2 is 1.79 bits per heavy atom. The van der Waals surface area contributed by atoms with Crippen molar-refractivity contribution in [1.82, 2.24) is 4.98 Å². The lowest BCUT2D eigenvalue weighted by Gasteiger charge is -2.27. The molecule has 1 heterocycles. The van der Waals surface area contributed by atoms with Crippen molar-refractivity contribution >= 4 is 0 Å². The molecule has 0 fully saturated rings. The Balaban J connectivity index is 3.08. The number of aromatic nitrogens is 1. The summed E-state index contributed by atoms with van der Waals surface area (Å²) in [5.41, 5.74) is 2.71. The molecule has 1 N–H and O–H groups in total. The fourth-order valence-corrected chi connectivity index (χ4v) is 1.45. The van der Waals surface area contributed by atoms with E-state index in [0.29, 0.717) is 0 Å². The smallest absolute Gasteiger partial charge is 0.0855 e. The maximum Gasteiger partial charge on any atom is 0.0855 e. The van der Waals surface area contributed by atoms with E-state index in [-0.39, 0.29) is 5.41 Å². The van der Waals surface area contributed by atoms with Crippen LogP contribution in [0.15, 0.2) is 12.1 Å². The quantitative estimate of drug-likeness (QED) is 0.744. The summed E-state index contributed by atoms with van der Waals surface area (Å²) in [7, 11) is 0. The summed E-state index contributed by atoms with van der Waals surface area (Å²) in [6.07, 6.45) is -0.449. The Bertz CT molecular complexity index is 326. The molecule has 1 unspecified atom stereocenters. The summed E-state index contributed by atoms with van der Waals surface area (Å²) in [6, 6.07) is 3.91. The zero-order valence-corrected chi connectivity index (χ0v) is 9.63. The second-order valence-corrected chi connectivity index (χ2v) is 4.90. The van der Waals surface area contributed by atoms with Crippen molar-refractivity contribution in [3.63, 3.8) is 0 Å². The van der Waals surface area contributed by atoms with E-state index in [4.69, 9.17) is 0 Å². The lowest BCUT2D eigenvalue weighted by molar-refractivity contribution is 0.0617. The van der Waals surface area contributed by atoms with Crippen LogP contribution >= 0.6 is 0 Å². The van der Waals surface area contributed by atoms with Crippen LogP contribution < -0.4 is 0 Å². The van der Waals surface area contributed by atoms with E-state index in [0.717, 1.165) is 17.0 Å². The van der Waals surface area contributed by atoms with Crippen LogP contribution in [0.2, 0.25) is 0 Å². The van der Waals surface area contributed by atoms with Gasteiger partial charge in [0, 0.05) is 17.0 Å². The van der Waals surface area contributed by atoms with E-state index >= 15 is 0 Å². The number of pyridine rings is 1. The standard InChI is InChI=1S/C12H19NO/c1-8-6-7-10(9(2)13-8)11(14)12(3,4)5/h6-7,11,14H,1-5H3. The maximum atomic E-state index is 10.1. The van der Waals surface area contributed by atoms with Gasteiger partial charge in [-0.1, -0.05) is 26.8 Å². The molecule has 0 aromatic carbocycles. The lowest BCUT2D eigenvalue weighted by Crippen LogP contribution is -2.19. The zero-order valence-electron chi connectivity index (χ0n) is 9.63. The van der Waals surface area contributed by atoms with Gasteiger partial charge in [-0.2, -0.15) is 0 Å². The first-order chi connectivity index (χ1) is 6.32. The van der Waals surface area contributed by atoms with Crippen molar-refractivity contribution in [3.05, 3.63) is 29.1 Å². The van der Waals surface area contributed by atoms with Crippen LogP contribution in [0.3, 0.4) is 0 Å². The third-order valence-electron chi connectivity index (χ3n) is 2.38. The number of hydrogen-bond acceptors (Lipinski definition) is 2. The normalized spacial score (nSPS) is 14.1. The molecule has 0 radical (unpaired) electrons. The monoisotopic (exact) mass is 193 g/mol. The molecular formula is C12H19NO. The molecule has 0 amide bonds. The molecule has 1 aromatic heterocycles. The first-order valence-electron chi connectivity index (χ1n) is 4.94. The Hall–Kier alpha value is -0.890. The topological polar surface area (TPSA) is 33.1 Å². The average molecular weight is 193 g/mol. The molecule has 78 valence electrons. The average Bonchev–Trinajstić information content (AvgIpc) is 2.01. The number of aryl methyl sites for hydroxylation is 2.